The summed E-state index contributed by atoms with van der Waals surface area (Å²) in [5.41, 5.74) is -0.130. The number of benzene rings is 1. The molecule has 0 N–H and O–H groups in total. The first kappa shape index (κ1) is 18.6. The zero-order valence-electron chi connectivity index (χ0n) is 11.0. The number of nitriles is 1. The molecule has 0 fully saturated rings. The van der Waals surface area contributed by atoms with E-state index in [1.54, 1.807) is 0 Å². The number of nitrogens with zero attached hydrogens (tertiary/aromatic N) is 3. The van der Waals surface area contributed by atoms with E-state index in [-0.39, 0.29) is 25.2 Å². The molecular formula is C13H6Br2Cl2F3N3. The molecule has 0 bridgehead atoms. The highest BCUT2D eigenvalue weighted by atomic mass is 79.9. The molecule has 0 aliphatic carbocycles. The normalized spacial score (nSPS) is 11.8. The van der Waals surface area contributed by atoms with Crippen molar-refractivity contribution in [2.45, 2.75) is 16.3 Å². The fourth-order valence-corrected chi connectivity index (χ4v) is 3.24. The highest BCUT2D eigenvalue weighted by molar-refractivity contribution is 9.24. The van der Waals surface area contributed by atoms with Crippen LogP contribution in [0, 0.1) is 11.3 Å². The van der Waals surface area contributed by atoms with Crippen LogP contribution in [0.1, 0.15) is 16.8 Å². The minimum absolute atomic E-state index is 0.0849. The van der Waals surface area contributed by atoms with E-state index in [2.05, 4.69) is 37.0 Å². The zero-order chi connectivity index (χ0) is 17.4. The molecule has 122 valence electrons. The molecule has 0 amide bonds. The lowest BCUT2D eigenvalue weighted by Crippen LogP contribution is -2.07. The summed E-state index contributed by atoms with van der Waals surface area (Å²) in [5, 5.41) is 12.7. The average Bonchev–Trinajstić information content (AvgIpc) is 2.78. The van der Waals surface area contributed by atoms with E-state index in [4.69, 9.17) is 28.5 Å². The van der Waals surface area contributed by atoms with E-state index in [1.807, 2.05) is 6.07 Å². The summed E-state index contributed by atoms with van der Waals surface area (Å²) in [4.78, 5) is 0. The van der Waals surface area contributed by atoms with Gasteiger partial charge in [0.25, 0.3) is 0 Å². The fraction of sp³-hybridized carbons (Fsp3) is 0.231. The van der Waals surface area contributed by atoms with Gasteiger partial charge in [-0.25, -0.2) is 4.68 Å². The smallest absolute Gasteiger partial charge is 0.236 e. The maximum absolute atomic E-state index is 12.8. The second-order valence-corrected chi connectivity index (χ2v) is 8.69. The Balaban J connectivity index is 2.55. The van der Waals surface area contributed by atoms with Gasteiger partial charge in [-0.2, -0.15) is 23.5 Å². The molecule has 0 saturated heterocycles. The number of aromatic nitrogens is 2. The van der Waals surface area contributed by atoms with Crippen LogP contribution in [-0.4, -0.2) is 13.5 Å². The minimum atomic E-state index is -4.56. The molecule has 2 rings (SSSR count). The van der Waals surface area contributed by atoms with Gasteiger partial charge in [0, 0.05) is 11.8 Å². The van der Waals surface area contributed by atoms with Crippen LogP contribution in [0.25, 0.3) is 5.69 Å². The van der Waals surface area contributed by atoms with Crippen molar-refractivity contribution in [1.82, 2.24) is 9.78 Å². The summed E-state index contributed by atoms with van der Waals surface area (Å²) in [6, 6.07) is 3.47. The van der Waals surface area contributed by atoms with Gasteiger partial charge in [0.2, 0.25) is 0 Å². The molecule has 10 heteroatoms. The molecule has 0 spiro atoms. The van der Waals surface area contributed by atoms with Crippen molar-refractivity contribution < 1.29 is 13.2 Å². The van der Waals surface area contributed by atoms with Crippen molar-refractivity contribution in [2.75, 3.05) is 0 Å². The van der Waals surface area contributed by atoms with E-state index >= 15 is 0 Å². The predicted molar refractivity (Wildman–Crippen MR) is 88.6 cm³/mol. The minimum Gasteiger partial charge on any atom is -0.236 e. The Bertz CT molecular complexity index is 759. The van der Waals surface area contributed by atoms with Gasteiger partial charge < -0.3 is 0 Å². The van der Waals surface area contributed by atoms with Crippen LogP contribution in [0.3, 0.4) is 0 Å². The van der Waals surface area contributed by atoms with E-state index in [9.17, 15) is 13.2 Å². The van der Waals surface area contributed by atoms with E-state index < -0.39 is 11.7 Å². The largest absolute Gasteiger partial charge is 0.416 e. The quantitative estimate of drug-likeness (QED) is 0.515. The molecule has 1 aromatic carbocycles. The second kappa shape index (κ2) is 7.01. The molecule has 2 aromatic rings. The Morgan fingerprint density at radius 1 is 1.26 bits per heavy atom. The molecule has 0 aliphatic heterocycles. The molecule has 0 unspecified atom stereocenters. The van der Waals surface area contributed by atoms with Crippen molar-refractivity contribution in [1.29, 1.82) is 5.26 Å². The monoisotopic (exact) mass is 489 g/mol. The van der Waals surface area contributed by atoms with Crippen molar-refractivity contribution >= 4 is 55.1 Å². The van der Waals surface area contributed by atoms with Gasteiger partial charge in [0.15, 0.2) is 5.69 Å². The van der Waals surface area contributed by atoms with E-state index in [0.717, 1.165) is 12.1 Å². The van der Waals surface area contributed by atoms with Gasteiger partial charge >= 0.3 is 6.18 Å². The average molecular weight is 492 g/mol. The number of halogens is 7. The van der Waals surface area contributed by atoms with E-state index in [1.165, 1.54) is 10.9 Å². The topological polar surface area (TPSA) is 41.6 Å². The lowest BCUT2D eigenvalue weighted by molar-refractivity contribution is -0.137. The van der Waals surface area contributed by atoms with Crippen LogP contribution in [0.5, 0.6) is 0 Å². The molecule has 3 nitrogen and oxygen atoms in total. The van der Waals surface area contributed by atoms with Gasteiger partial charge in [-0.05, 0) is 18.6 Å². The first-order chi connectivity index (χ1) is 10.6. The maximum atomic E-state index is 12.8. The predicted octanol–water partition coefficient (Wildman–Crippen LogP) is 5.73. The first-order valence-corrected chi connectivity index (χ1v) is 8.55. The third-order valence-electron chi connectivity index (χ3n) is 2.84. The first-order valence-electron chi connectivity index (χ1n) is 5.97. The molecule has 0 saturated carbocycles. The van der Waals surface area contributed by atoms with Gasteiger partial charge in [0.05, 0.1) is 19.3 Å². The van der Waals surface area contributed by atoms with Gasteiger partial charge in [-0.3, -0.25) is 0 Å². The number of hydrogen-bond acceptors (Lipinski definition) is 2. The summed E-state index contributed by atoms with van der Waals surface area (Å²) < 4.78 is 39.4. The highest BCUT2D eigenvalue weighted by Gasteiger charge is 2.32. The van der Waals surface area contributed by atoms with Crippen LogP contribution in [0.15, 0.2) is 18.3 Å². The maximum Gasteiger partial charge on any atom is 0.416 e. The van der Waals surface area contributed by atoms with Gasteiger partial charge in [-0.15, -0.1) is 0 Å². The van der Waals surface area contributed by atoms with Crippen LogP contribution in [0.2, 0.25) is 10.0 Å². The summed E-state index contributed by atoms with van der Waals surface area (Å²) in [5.74, 6) is 0. The third-order valence-corrected chi connectivity index (χ3v) is 4.07. The fourth-order valence-electron chi connectivity index (χ4n) is 1.88. The van der Waals surface area contributed by atoms with E-state index in [0.29, 0.717) is 12.0 Å². The van der Waals surface area contributed by atoms with Crippen molar-refractivity contribution in [2.24, 2.45) is 0 Å². The van der Waals surface area contributed by atoms with Crippen LogP contribution in [0.4, 0.5) is 13.2 Å². The Labute approximate surface area is 156 Å². The lowest BCUT2D eigenvalue weighted by atomic mass is 10.2. The molecule has 23 heavy (non-hydrogen) atoms. The van der Waals surface area contributed by atoms with Crippen LogP contribution < -0.4 is 0 Å². The Hall–Kier alpha value is -0.750. The van der Waals surface area contributed by atoms with Gasteiger partial charge in [0.1, 0.15) is 11.8 Å². The standard InChI is InChI=1S/C13H6Br2Cl2F3N3/c14-11(15)1-6-5-23(22-10(6)4-21)12-8(16)2-7(3-9(12)17)13(18,19)20/h2-3,5,11H,1H2. The van der Waals surface area contributed by atoms with Crippen molar-refractivity contribution in [3.63, 3.8) is 0 Å². The molecule has 0 aliphatic rings. The zero-order valence-corrected chi connectivity index (χ0v) is 15.7. The van der Waals surface area contributed by atoms with Crippen molar-refractivity contribution in [3.8, 4) is 11.8 Å². The van der Waals surface area contributed by atoms with Crippen molar-refractivity contribution in [3.05, 3.63) is 45.2 Å². The summed E-state index contributed by atoms with van der Waals surface area (Å²) in [6.45, 7) is 0. The molecule has 1 heterocycles. The number of rotatable bonds is 3. The summed E-state index contributed by atoms with van der Waals surface area (Å²) >= 11 is 18.5. The summed E-state index contributed by atoms with van der Waals surface area (Å²) in [7, 11) is 0. The number of hydrogen-bond donors (Lipinski definition) is 0. The molecule has 1 aromatic heterocycles. The molecule has 0 atom stereocenters. The summed E-state index contributed by atoms with van der Waals surface area (Å²) in [6.07, 6.45) is -2.61. The molecular weight excluding hydrogens is 486 g/mol. The van der Waals surface area contributed by atoms with Crippen LogP contribution >= 0.6 is 55.1 Å². The number of alkyl halides is 5. The Morgan fingerprint density at radius 2 is 1.83 bits per heavy atom. The Kier molecular flexibility index (Phi) is 5.67. The SMILES string of the molecule is N#Cc1nn(-c2c(Cl)cc(C(F)(F)F)cc2Cl)cc1CC(Br)Br. The third kappa shape index (κ3) is 4.21. The molecule has 0 radical (unpaired) electrons. The highest BCUT2D eigenvalue weighted by Crippen LogP contribution is 2.37. The Morgan fingerprint density at radius 3 is 2.26 bits per heavy atom. The second-order valence-electron chi connectivity index (χ2n) is 4.44. The van der Waals surface area contributed by atoms with Crippen LogP contribution in [-0.2, 0) is 12.6 Å². The van der Waals surface area contributed by atoms with Gasteiger partial charge in [-0.1, -0.05) is 55.1 Å². The lowest BCUT2D eigenvalue weighted by Gasteiger charge is -2.12.